The summed E-state index contributed by atoms with van der Waals surface area (Å²) in [5.41, 5.74) is 1.58. The molecular weight excluding hydrogens is 236 g/mol. The van der Waals surface area contributed by atoms with Gasteiger partial charge in [-0.05, 0) is 18.9 Å². The lowest BCUT2D eigenvalue weighted by Crippen LogP contribution is -2.14. The number of hydrogen-bond donors (Lipinski definition) is 2. The second kappa shape index (κ2) is 6.00. The van der Waals surface area contributed by atoms with E-state index < -0.39 is 16.8 Å². The molecule has 0 aliphatic rings. The molecule has 0 aliphatic heterocycles. The van der Waals surface area contributed by atoms with Crippen molar-refractivity contribution in [2.24, 2.45) is 5.92 Å². The van der Waals surface area contributed by atoms with E-state index in [9.17, 15) is 14.9 Å². The van der Waals surface area contributed by atoms with Gasteiger partial charge in [-0.25, -0.2) is 0 Å². The molecular formula is C12H16N2O4. The van der Waals surface area contributed by atoms with Gasteiger partial charge in [-0.3, -0.25) is 14.9 Å². The zero-order valence-electron chi connectivity index (χ0n) is 10.3. The summed E-state index contributed by atoms with van der Waals surface area (Å²) in [6, 6.07) is 4.57. The smallest absolute Gasteiger partial charge is 0.306 e. The minimum atomic E-state index is -0.840. The van der Waals surface area contributed by atoms with Crippen LogP contribution in [0.2, 0.25) is 0 Å². The standard InChI is InChI=1S/C12H16N2O4/c1-8-3-4-10(14(17)18)7-11(8)13-6-5-9(2)12(15)16/h3-4,7,9,13H,5-6H2,1-2H3,(H,15,16). The first-order valence-electron chi connectivity index (χ1n) is 5.63. The number of nitrogens with one attached hydrogen (secondary N) is 1. The molecule has 0 radical (unpaired) electrons. The number of benzene rings is 1. The van der Waals surface area contributed by atoms with E-state index in [0.717, 1.165) is 5.56 Å². The predicted octanol–water partition coefficient (Wildman–Crippen LogP) is 2.43. The minimum Gasteiger partial charge on any atom is -0.481 e. The molecule has 0 saturated heterocycles. The van der Waals surface area contributed by atoms with Gasteiger partial charge >= 0.3 is 5.97 Å². The van der Waals surface area contributed by atoms with E-state index in [4.69, 9.17) is 5.11 Å². The Hall–Kier alpha value is -2.11. The third-order valence-electron chi connectivity index (χ3n) is 2.75. The number of carboxylic acid groups (broad SMARTS) is 1. The summed E-state index contributed by atoms with van der Waals surface area (Å²) in [4.78, 5) is 20.8. The molecule has 0 heterocycles. The van der Waals surface area contributed by atoms with Gasteiger partial charge in [0.1, 0.15) is 0 Å². The zero-order chi connectivity index (χ0) is 13.7. The van der Waals surface area contributed by atoms with Crippen LogP contribution in [0.5, 0.6) is 0 Å². The number of rotatable bonds is 6. The van der Waals surface area contributed by atoms with E-state index in [1.54, 1.807) is 13.0 Å². The lowest BCUT2D eigenvalue weighted by atomic mass is 10.1. The van der Waals surface area contributed by atoms with Gasteiger partial charge in [0, 0.05) is 24.4 Å². The molecule has 1 rings (SSSR count). The van der Waals surface area contributed by atoms with Crippen LogP contribution < -0.4 is 5.32 Å². The number of aryl methyl sites for hydroxylation is 1. The van der Waals surface area contributed by atoms with Crippen LogP contribution in [0.4, 0.5) is 11.4 Å². The number of carbonyl (C=O) groups is 1. The van der Waals surface area contributed by atoms with Crippen LogP contribution in [-0.4, -0.2) is 22.5 Å². The minimum absolute atomic E-state index is 0.0226. The third kappa shape index (κ3) is 3.73. The molecule has 0 aromatic heterocycles. The molecule has 6 heteroatoms. The van der Waals surface area contributed by atoms with Gasteiger partial charge < -0.3 is 10.4 Å². The number of nitro groups is 1. The molecule has 1 unspecified atom stereocenters. The highest BCUT2D eigenvalue weighted by Crippen LogP contribution is 2.21. The topological polar surface area (TPSA) is 92.5 Å². The van der Waals surface area contributed by atoms with Crippen molar-refractivity contribution in [2.45, 2.75) is 20.3 Å². The van der Waals surface area contributed by atoms with Gasteiger partial charge in [0.15, 0.2) is 0 Å². The van der Waals surface area contributed by atoms with Crippen LogP contribution in [0.3, 0.4) is 0 Å². The molecule has 0 spiro atoms. The first-order chi connectivity index (χ1) is 8.41. The van der Waals surface area contributed by atoms with Gasteiger partial charge in [0.2, 0.25) is 0 Å². The average Bonchev–Trinajstić information content (AvgIpc) is 2.30. The molecule has 0 fully saturated rings. The summed E-state index contributed by atoms with van der Waals surface area (Å²) in [5.74, 6) is -1.27. The largest absolute Gasteiger partial charge is 0.481 e. The molecule has 1 aromatic rings. The van der Waals surface area contributed by atoms with Crippen LogP contribution in [0.1, 0.15) is 18.9 Å². The van der Waals surface area contributed by atoms with Crippen LogP contribution in [-0.2, 0) is 4.79 Å². The maximum Gasteiger partial charge on any atom is 0.306 e. The van der Waals surface area contributed by atoms with Crippen LogP contribution in [0.25, 0.3) is 0 Å². The fourth-order valence-corrected chi connectivity index (χ4v) is 1.46. The number of anilines is 1. The maximum atomic E-state index is 10.6. The fourth-order valence-electron chi connectivity index (χ4n) is 1.46. The first-order valence-corrected chi connectivity index (χ1v) is 5.63. The molecule has 2 N–H and O–H groups in total. The molecule has 1 atom stereocenters. The predicted molar refractivity (Wildman–Crippen MR) is 67.7 cm³/mol. The van der Waals surface area contributed by atoms with Gasteiger partial charge in [-0.2, -0.15) is 0 Å². The molecule has 18 heavy (non-hydrogen) atoms. The normalized spacial score (nSPS) is 11.9. The van der Waals surface area contributed by atoms with Crippen molar-refractivity contribution in [1.82, 2.24) is 0 Å². The van der Waals surface area contributed by atoms with E-state index in [2.05, 4.69) is 5.32 Å². The van der Waals surface area contributed by atoms with Crippen molar-refractivity contribution in [3.8, 4) is 0 Å². The lowest BCUT2D eigenvalue weighted by molar-refractivity contribution is -0.384. The maximum absolute atomic E-state index is 10.6. The second-order valence-electron chi connectivity index (χ2n) is 4.21. The Bertz CT molecular complexity index is 459. The van der Waals surface area contributed by atoms with E-state index in [1.807, 2.05) is 6.92 Å². The van der Waals surface area contributed by atoms with Crippen LogP contribution in [0, 0.1) is 23.0 Å². The highest BCUT2D eigenvalue weighted by Gasteiger charge is 2.11. The van der Waals surface area contributed by atoms with Crippen LogP contribution >= 0.6 is 0 Å². The summed E-state index contributed by atoms with van der Waals surface area (Å²) < 4.78 is 0. The summed E-state index contributed by atoms with van der Waals surface area (Å²) in [5, 5.41) is 22.4. The molecule has 0 bridgehead atoms. The number of carboxylic acids is 1. The Morgan fingerprint density at radius 1 is 1.56 bits per heavy atom. The van der Waals surface area contributed by atoms with E-state index in [1.165, 1.54) is 12.1 Å². The van der Waals surface area contributed by atoms with Crippen molar-refractivity contribution >= 4 is 17.3 Å². The number of hydrogen-bond acceptors (Lipinski definition) is 4. The average molecular weight is 252 g/mol. The summed E-state index contributed by atoms with van der Waals surface area (Å²) >= 11 is 0. The molecule has 98 valence electrons. The SMILES string of the molecule is Cc1ccc([N+](=O)[O-])cc1NCCC(C)C(=O)O. The summed E-state index contributed by atoms with van der Waals surface area (Å²) in [6.07, 6.45) is 0.470. The van der Waals surface area contributed by atoms with Crippen molar-refractivity contribution in [3.63, 3.8) is 0 Å². The van der Waals surface area contributed by atoms with Crippen molar-refractivity contribution in [2.75, 3.05) is 11.9 Å². The van der Waals surface area contributed by atoms with Gasteiger partial charge in [0.25, 0.3) is 5.69 Å². The quantitative estimate of drug-likeness (QED) is 0.599. The fraction of sp³-hybridized carbons (Fsp3) is 0.417. The number of aliphatic carboxylic acids is 1. The summed E-state index contributed by atoms with van der Waals surface area (Å²) in [7, 11) is 0. The Balaban J connectivity index is 2.64. The molecule has 1 aromatic carbocycles. The van der Waals surface area contributed by atoms with Crippen molar-refractivity contribution in [1.29, 1.82) is 0 Å². The highest BCUT2D eigenvalue weighted by atomic mass is 16.6. The Morgan fingerprint density at radius 3 is 2.78 bits per heavy atom. The van der Waals surface area contributed by atoms with Gasteiger partial charge in [-0.15, -0.1) is 0 Å². The number of nitrogens with zero attached hydrogens (tertiary/aromatic N) is 1. The Labute approximate surface area is 105 Å². The van der Waals surface area contributed by atoms with Gasteiger partial charge in [0.05, 0.1) is 10.8 Å². The summed E-state index contributed by atoms with van der Waals surface area (Å²) in [6.45, 7) is 3.94. The van der Waals surface area contributed by atoms with E-state index in [0.29, 0.717) is 18.7 Å². The molecule has 0 aliphatic carbocycles. The molecule has 0 saturated carbocycles. The van der Waals surface area contributed by atoms with Crippen molar-refractivity contribution < 1.29 is 14.8 Å². The van der Waals surface area contributed by atoms with Gasteiger partial charge in [-0.1, -0.05) is 13.0 Å². The van der Waals surface area contributed by atoms with Crippen LogP contribution in [0.15, 0.2) is 18.2 Å². The third-order valence-corrected chi connectivity index (χ3v) is 2.75. The molecule has 0 amide bonds. The monoisotopic (exact) mass is 252 g/mol. The highest BCUT2D eigenvalue weighted by molar-refractivity contribution is 5.69. The van der Waals surface area contributed by atoms with Crippen molar-refractivity contribution in [3.05, 3.63) is 33.9 Å². The number of non-ortho nitro benzene ring substituents is 1. The Kier molecular flexibility index (Phi) is 4.65. The van der Waals surface area contributed by atoms with E-state index in [-0.39, 0.29) is 5.69 Å². The Morgan fingerprint density at radius 2 is 2.22 bits per heavy atom. The van der Waals surface area contributed by atoms with E-state index >= 15 is 0 Å². The second-order valence-corrected chi connectivity index (χ2v) is 4.21. The number of nitro benzene ring substituents is 1. The lowest BCUT2D eigenvalue weighted by Gasteiger charge is -2.11. The molecule has 6 nitrogen and oxygen atoms in total. The zero-order valence-corrected chi connectivity index (χ0v) is 10.3. The first kappa shape index (κ1) is 14.0.